The molecule has 51 heavy (non-hydrogen) atoms. The molecule has 3 aromatic rings. The Morgan fingerprint density at radius 2 is 1.75 bits per heavy atom. The van der Waals surface area contributed by atoms with E-state index in [4.69, 9.17) is 14.2 Å². The lowest BCUT2D eigenvalue weighted by molar-refractivity contribution is -0.106. The van der Waals surface area contributed by atoms with E-state index in [0.29, 0.717) is 32.0 Å². The summed E-state index contributed by atoms with van der Waals surface area (Å²) in [5.74, 6) is 0.444. The van der Waals surface area contributed by atoms with Gasteiger partial charge in [-0.25, -0.2) is 9.52 Å². The molecule has 280 valence electrons. The minimum atomic E-state index is -4.20. The van der Waals surface area contributed by atoms with Gasteiger partial charge in [-0.1, -0.05) is 46.1 Å². The lowest BCUT2D eigenvalue weighted by atomic mass is 9.81. The van der Waals surface area contributed by atoms with Crippen LogP contribution in [0.25, 0.3) is 22.2 Å². The molecule has 1 unspecified atom stereocenters. The van der Waals surface area contributed by atoms with Gasteiger partial charge in [0.2, 0.25) is 0 Å². The molecule has 0 spiro atoms. The lowest BCUT2D eigenvalue weighted by Crippen LogP contribution is -2.45. The molecule has 12 nitrogen and oxygen atoms in total. The fourth-order valence-corrected chi connectivity index (χ4v) is 8.51. The van der Waals surface area contributed by atoms with Crippen molar-refractivity contribution in [2.45, 2.75) is 84.5 Å². The molecule has 0 saturated heterocycles. The van der Waals surface area contributed by atoms with Crippen molar-refractivity contribution in [2.75, 3.05) is 48.0 Å². The zero-order chi connectivity index (χ0) is 37.1. The third kappa shape index (κ3) is 8.88. The highest BCUT2D eigenvalue weighted by Crippen LogP contribution is 2.47. The van der Waals surface area contributed by atoms with Gasteiger partial charge < -0.3 is 28.8 Å². The van der Waals surface area contributed by atoms with Crippen molar-refractivity contribution < 1.29 is 37.3 Å². The van der Waals surface area contributed by atoms with Gasteiger partial charge in [0.25, 0.3) is 5.91 Å². The molecule has 2 heterocycles. The number of amides is 2. The van der Waals surface area contributed by atoms with E-state index in [1.807, 2.05) is 32.9 Å². The number of carbonyl (C=O) groups excluding carboxylic acids is 1. The number of aromatic nitrogens is 1. The van der Waals surface area contributed by atoms with Crippen molar-refractivity contribution in [3.05, 3.63) is 53.1 Å². The number of fused-ring (bicyclic) bond motifs is 5. The number of benzene rings is 2. The molecule has 0 radical (unpaired) electrons. The largest absolute Gasteiger partial charge is 0.497 e. The summed E-state index contributed by atoms with van der Waals surface area (Å²) in [6.45, 7) is 7.44. The van der Waals surface area contributed by atoms with E-state index in [9.17, 15) is 23.1 Å². The van der Waals surface area contributed by atoms with E-state index in [1.165, 1.54) is 38.2 Å². The van der Waals surface area contributed by atoms with Crippen molar-refractivity contribution in [1.29, 1.82) is 0 Å². The SMILES string of the molecule is COc1ccc2c(c1)CC(CCN(CC(C)(C)C)C(=O)O)Cn1c-2c(C2CCCCC2)c2ccc(C(=O)NS(=O)(=O)N(C)CC(OC)OC)cc21. The standard InChI is InChI=1S/C38H54N4O8S/c1-38(2,3)24-41(37(44)45)18-17-25-19-28-20-29(48-5)14-16-30(28)35-34(26-11-9-8-10-12-26)31-15-13-27(21-32(31)42(35)22-25)36(43)39-51(46,47)40(4)23-33(49-6)50-7/h13-16,20-21,25-26,33H,8-12,17-19,22-24H2,1-7H3,(H,39,43)(H,44,45). The average molecular weight is 727 g/mol. The summed E-state index contributed by atoms with van der Waals surface area (Å²) in [5.41, 5.74) is 5.55. The van der Waals surface area contributed by atoms with E-state index in [1.54, 1.807) is 19.2 Å². The van der Waals surface area contributed by atoms with Crippen LogP contribution in [0.3, 0.4) is 0 Å². The Hall–Kier alpha value is -3.65. The molecular weight excluding hydrogens is 673 g/mol. The van der Waals surface area contributed by atoms with E-state index >= 15 is 0 Å². The lowest BCUT2D eigenvalue weighted by Gasteiger charge is -2.29. The number of likely N-dealkylation sites (N-methyl/N-ethyl adjacent to an activating group) is 1. The predicted octanol–water partition coefficient (Wildman–Crippen LogP) is 6.48. The van der Waals surface area contributed by atoms with Crippen LogP contribution >= 0.6 is 0 Å². The summed E-state index contributed by atoms with van der Waals surface area (Å²) in [4.78, 5) is 27.4. The van der Waals surface area contributed by atoms with Crippen molar-refractivity contribution in [3.8, 4) is 17.0 Å². The van der Waals surface area contributed by atoms with Gasteiger partial charge in [-0.3, -0.25) is 4.79 Å². The Morgan fingerprint density at radius 3 is 2.37 bits per heavy atom. The Labute approximate surface area is 302 Å². The quantitative estimate of drug-likeness (QED) is 0.191. The third-order valence-corrected chi connectivity index (χ3v) is 11.6. The van der Waals surface area contributed by atoms with E-state index < -0.39 is 28.5 Å². The summed E-state index contributed by atoms with van der Waals surface area (Å²) in [7, 11) is 1.65. The minimum Gasteiger partial charge on any atom is -0.497 e. The second kappa shape index (κ2) is 15.9. The molecule has 2 aliphatic rings. The Balaban J connectivity index is 1.60. The summed E-state index contributed by atoms with van der Waals surface area (Å²) < 4.78 is 47.8. The highest BCUT2D eigenvalue weighted by molar-refractivity contribution is 7.87. The number of carbonyl (C=O) groups is 2. The molecule has 1 aliphatic carbocycles. The van der Waals surface area contributed by atoms with Gasteiger partial charge in [-0.2, -0.15) is 12.7 Å². The number of nitrogens with zero attached hydrogens (tertiary/aromatic N) is 3. The first-order valence-electron chi connectivity index (χ1n) is 17.8. The predicted molar refractivity (Wildman–Crippen MR) is 197 cm³/mol. The normalized spacial score (nSPS) is 16.9. The molecule has 1 atom stereocenters. The van der Waals surface area contributed by atoms with Crippen molar-refractivity contribution in [3.63, 3.8) is 0 Å². The maximum Gasteiger partial charge on any atom is 0.407 e. The molecule has 1 aromatic heterocycles. The van der Waals surface area contributed by atoms with Crippen LogP contribution in [0.5, 0.6) is 5.75 Å². The van der Waals surface area contributed by atoms with E-state index in [-0.39, 0.29) is 23.4 Å². The van der Waals surface area contributed by atoms with Crippen LogP contribution in [0.1, 0.15) is 86.7 Å². The fraction of sp³-hybridized carbons (Fsp3) is 0.579. The Morgan fingerprint density at radius 1 is 1.04 bits per heavy atom. The first-order valence-corrected chi connectivity index (χ1v) is 19.2. The van der Waals surface area contributed by atoms with E-state index in [0.717, 1.165) is 69.9 Å². The first-order chi connectivity index (χ1) is 24.1. The average Bonchev–Trinajstić information content (AvgIpc) is 3.31. The summed E-state index contributed by atoms with van der Waals surface area (Å²) in [6, 6.07) is 11.7. The zero-order valence-electron chi connectivity index (χ0n) is 31.0. The summed E-state index contributed by atoms with van der Waals surface area (Å²) >= 11 is 0. The molecular formula is C38H54N4O8S. The number of carboxylic acid groups (broad SMARTS) is 1. The van der Waals surface area contributed by atoms with Gasteiger partial charge in [-0.15, -0.1) is 0 Å². The number of ether oxygens (including phenoxy) is 3. The molecule has 1 aliphatic heterocycles. The minimum absolute atomic E-state index is 0.0785. The highest BCUT2D eigenvalue weighted by Gasteiger charge is 2.33. The van der Waals surface area contributed by atoms with Crippen LogP contribution < -0.4 is 9.46 Å². The number of hydrogen-bond acceptors (Lipinski definition) is 7. The fourth-order valence-electron chi connectivity index (χ4n) is 7.69. The van der Waals surface area contributed by atoms with Gasteiger partial charge in [0.15, 0.2) is 6.29 Å². The Bertz CT molecular complexity index is 1820. The van der Waals surface area contributed by atoms with Crippen LogP contribution in [0.4, 0.5) is 4.79 Å². The maximum atomic E-state index is 13.6. The van der Waals surface area contributed by atoms with Crippen molar-refractivity contribution >= 4 is 33.1 Å². The smallest absolute Gasteiger partial charge is 0.407 e. The van der Waals surface area contributed by atoms with E-state index in [2.05, 4.69) is 21.4 Å². The van der Waals surface area contributed by atoms with Crippen LogP contribution in [-0.4, -0.2) is 93.6 Å². The number of hydrogen-bond donors (Lipinski definition) is 2. The molecule has 2 N–H and O–H groups in total. The number of rotatable bonds is 13. The van der Waals surface area contributed by atoms with Crippen LogP contribution in [0, 0.1) is 11.3 Å². The third-order valence-electron chi connectivity index (χ3n) is 10.2. The molecule has 2 aromatic carbocycles. The maximum absolute atomic E-state index is 13.6. The Kier molecular flexibility index (Phi) is 12.1. The molecule has 5 rings (SSSR count). The van der Waals surface area contributed by atoms with Crippen molar-refractivity contribution in [1.82, 2.24) is 18.5 Å². The van der Waals surface area contributed by atoms with Crippen LogP contribution in [-0.2, 0) is 32.6 Å². The topological polar surface area (TPSA) is 140 Å². The van der Waals surface area contributed by atoms with Gasteiger partial charge >= 0.3 is 16.3 Å². The number of nitrogens with one attached hydrogen (secondary N) is 1. The molecule has 1 fully saturated rings. The second-order valence-electron chi connectivity index (χ2n) is 15.2. The molecule has 0 bridgehead atoms. The zero-order valence-corrected chi connectivity index (χ0v) is 31.8. The molecule has 1 saturated carbocycles. The van der Waals surface area contributed by atoms with Crippen LogP contribution in [0.15, 0.2) is 36.4 Å². The highest BCUT2D eigenvalue weighted by atomic mass is 32.2. The van der Waals surface area contributed by atoms with Gasteiger partial charge in [0.1, 0.15) is 5.75 Å². The number of methoxy groups -OCH3 is 3. The summed E-state index contributed by atoms with van der Waals surface area (Å²) in [6.07, 6.45) is 5.29. The van der Waals surface area contributed by atoms with Gasteiger partial charge in [0, 0.05) is 62.9 Å². The molecule has 2 amide bonds. The molecule has 13 heteroatoms. The first kappa shape index (κ1) is 38.6. The summed E-state index contributed by atoms with van der Waals surface area (Å²) in [5, 5.41) is 11.1. The van der Waals surface area contributed by atoms with Gasteiger partial charge in [-0.05, 0) is 84.4 Å². The second-order valence-corrected chi connectivity index (χ2v) is 17.0. The van der Waals surface area contributed by atoms with Crippen molar-refractivity contribution in [2.24, 2.45) is 11.3 Å². The van der Waals surface area contributed by atoms with Gasteiger partial charge in [0.05, 0.1) is 19.3 Å². The van der Waals surface area contributed by atoms with Crippen LogP contribution in [0.2, 0.25) is 0 Å². The monoisotopic (exact) mass is 726 g/mol.